The second-order valence-corrected chi connectivity index (χ2v) is 6.82. The highest BCUT2D eigenvalue weighted by atomic mass is 79.9. The zero-order valence-corrected chi connectivity index (χ0v) is 12.7. The van der Waals surface area contributed by atoms with Crippen LogP contribution in [0.3, 0.4) is 0 Å². The van der Waals surface area contributed by atoms with Crippen LogP contribution >= 0.6 is 27.7 Å². The molecule has 0 spiro atoms. The van der Waals surface area contributed by atoms with E-state index in [0.717, 1.165) is 22.2 Å². The van der Waals surface area contributed by atoms with Crippen molar-refractivity contribution in [2.75, 3.05) is 5.75 Å². The molecule has 1 aliphatic carbocycles. The Labute approximate surface area is 120 Å². The van der Waals surface area contributed by atoms with E-state index in [9.17, 15) is 4.79 Å². The number of rotatable bonds is 6. The number of nitrogens with two attached hydrogens (primary N) is 1. The highest BCUT2D eigenvalue weighted by Crippen LogP contribution is 2.28. The summed E-state index contributed by atoms with van der Waals surface area (Å²) >= 11 is 5.05. The molecule has 0 aliphatic heterocycles. The molecule has 3 N–H and O–H groups in total. The number of hydrogen-bond acceptors (Lipinski definition) is 3. The summed E-state index contributed by atoms with van der Waals surface area (Å²) in [5.41, 5.74) is 4.89. The van der Waals surface area contributed by atoms with E-state index in [4.69, 9.17) is 5.73 Å². The Morgan fingerprint density at radius 3 is 2.61 bits per heavy atom. The summed E-state index contributed by atoms with van der Waals surface area (Å²) in [5, 5.41) is 3.34. The Morgan fingerprint density at radius 1 is 1.50 bits per heavy atom. The fraction of sp³-hybridized carbons (Fsp3) is 0.462. The lowest BCUT2D eigenvalue weighted by atomic mass is 10.1. The van der Waals surface area contributed by atoms with E-state index in [2.05, 4.69) is 21.2 Å². The van der Waals surface area contributed by atoms with Crippen LogP contribution < -0.4 is 11.1 Å². The minimum absolute atomic E-state index is 0.279. The normalized spacial score (nSPS) is 18.3. The second-order valence-electron chi connectivity index (χ2n) is 4.86. The van der Waals surface area contributed by atoms with Crippen LogP contribution in [0, 0.1) is 0 Å². The maximum absolute atomic E-state index is 11.6. The zero-order valence-electron chi connectivity index (χ0n) is 10.3. The second kappa shape index (κ2) is 5.63. The molecule has 1 fully saturated rings. The number of thioether (sulfide) groups is 1. The van der Waals surface area contributed by atoms with Gasteiger partial charge in [-0.2, -0.15) is 0 Å². The topological polar surface area (TPSA) is 55.1 Å². The molecular formula is C13H17BrN2OS. The van der Waals surface area contributed by atoms with Crippen LogP contribution in [0.1, 0.15) is 19.8 Å². The summed E-state index contributed by atoms with van der Waals surface area (Å²) < 4.78 is 1.06. The van der Waals surface area contributed by atoms with Crippen molar-refractivity contribution in [2.45, 2.75) is 36.2 Å². The molecule has 98 valence electrons. The van der Waals surface area contributed by atoms with Gasteiger partial charge in [-0.1, -0.05) is 15.9 Å². The third-order valence-electron chi connectivity index (χ3n) is 2.99. The highest BCUT2D eigenvalue weighted by molar-refractivity contribution is 9.10. The van der Waals surface area contributed by atoms with Crippen LogP contribution in [0.4, 0.5) is 0 Å². The molecule has 1 amide bonds. The maximum atomic E-state index is 11.6. The lowest BCUT2D eigenvalue weighted by Gasteiger charge is -2.27. The first-order valence-corrected chi connectivity index (χ1v) is 7.73. The van der Waals surface area contributed by atoms with Gasteiger partial charge in [0.2, 0.25) is 5.91 Å². The van der Waals surface area contributed by atoms with Crippen molar-refractivity contribution in [2.24, 2.45) is 5.73 Å². The van der Waals surface area contributed by atoms with Gasteiger partial charge in [-0.15, -0.1) is 11.8 Å². The molecule has 1 aromatic carbocycles. The summed E-state index contributed by atoms with van der Waals surface area (Å²) in [6.07, 6.45) is 2.29. The quantitative estimate of drug-likeness (QED) is 0.789. The molecule has 18 heavy (non-hydrogen) atoms. The first kappa shape index (κ1) is 13.9. The van der Waals surface area contributed by atoms with Crippen LogP contribution in [0.5, 0.6) is 0 Å². The average Bonchev–Trinajstić information content (AvgIpc) is 3.12. The third kappa shape index (κ3) is 3.73. The van der Waals surface area contributed by atoms with Crippen molar-refractivity contribution in [1.29, 1.82) is 0 Å². The minimum Gasteiger partial charge on any atom is -0.368 e. The predicted octanol–water partition coefficient (Wildman–Crippen LogP) is 2.54. The average molecular weight is 329 g/mol. The molecule has 2 rings (SSSR count). The van der Waals surface area contributed by atoms with Gasteiger partial charge < -0.3 is 11.1 Å². The SMILES string of the molecule is CC(CSc1ccc(Br)cc1)(NC1CC1)C(N)=O. The van der Waals surface area contributed by atoms with Gasteiger partial charge in [-0.05, 0) is 44.0 Å². The van der Waals surface area contributed by atoms with E-state index in [-0.39, 0.29) is 5.91 Å². The molecule has 1 aromatic rings. The van der Waals surface area contributed by atoms with Crippen molar-refractivity contribution in [1.82, 2.24) is 5.32 Å². The van der Waals surface area contributed by atoms with Crippen LogP contribution in [-0.2, 0) is 4.79 Å². The van der Waals surface area contributed by atoms with Crippen molar-refractivity contribution < 1.29 is 4.79 Å². The van der Waals surface area contributed by atoms with E-state index >= 15 is 0 Å². The number of halogens is 1. The van der Waals surface area contributed by atoms with Crippen molar-refractivity contribution in [3.8, 4) is 0 Å². The largest absolute Gasteiger partial charge is 0.368 e. The number of benzene rings is 1. The first-order valence-electron chi connectivity index (χ1n) is 5.95. The van der Waals surface area contributed by atoms with Gasteiger partial charge in [0.1, 0.15) is 5.54 Å². The third-order valence-corrected chi connectivity index (χ3v) is 4.84. The molecule has 3 nitrogen and oxygen atoms in total. The van der Waals surface area contributed by atoms with E-state index < -0.39 is 5.54 Å². The molecule has 0 radical (unpaired) electrons. The fourth-order valence-electron chi connectivity index (χ4n) is 1.62. The maximum Gasteiger partial charge on any atom is 0.238 e. The number of amides is 1. The molecule has 0 aromatic heterocycles. The summed E-state index contributed by atoms with van der Waals surface area (Å²) in [6, 6.07) is 8.53. The van der Waals surface area contributed by atoms with Crippen LogP contribution in [0.2, 0.25) is 0 Å². The number of primary amides is 1. The first-order chi connectivity index (χ1) is 8.49. The van der Waals surface area contributed by atoms with Gasteiger partial charge in [0, 0.05) is 21.2 Å². The van der Waals surface area contributed by atoms with Crippen molar-refractivity contribution in [3.63, 3.8) is 0 Å². The van der Waals surface area contributed by atoms with E-state index in [1.165, 1.54) is 0 Å². The molecule has 1 atom stereocenters. The number of carbonyl (C=O) groups is 1. The summed E-state index contributed by atoms with van der Waals surface area (Å²) in [6.45, 7) is 1.89. The number of nitrogens with one attached hydrogen (secondary N) is 1. The van der Waals surface area contributed by atoms with Gasteiger partial charge in [0.05, 0.1) is 0 Å². The van der Waals surface area contributed by atoms with Crippen LogP contribution in [-0.4, -0.2) is 23.2 Å². The summed E-state index contributed by atoms with van der Waals surface area (Å²) in [5.74, 6) is 0.375. The monoisotopic (exact) mass is 328 g/mol. The van der Waals surface area contributed by atoms with Gasteiger partial charge in [-0.25, -0.2) is 0 Å². The predicted molar refractivity (Wildman–Crippen MR) is 78.6 cm³/mol. The van der Waals surface area contributed by atoms with Crippen LogP contribution in [0.15, 0.2) is 33.6 Å². The molecule has 0 heterocycles. The fourth-order valence-corrected chi connectivity index (χ4v) is 2.89. The van der Waals surface area contributed by atoms with Gasteiger partial charge in [0.15, 0.2) is 0 Å². The molecule has 5 heteroatoms. The van der Waals surface area contributed by atoms with Crippen LogP contribution in [0.25, 0.3) is 0 Å². The number of hydrogen-bond donors (Lipinski definition) is 2. The standard InChI is InChI=1S/C13H17BrN2OS/c1-13(12(15)17,16-10-4-5-10)8-18-11-6-2-9(14)3-7-11/h2-3,6-7,10,16H,4-5,8H2,1H3,(H2,15,17). The van der Waals surface area contributed by atoms with Crippen molar-refractivity contribution in [3.05, 3.63) is 28.7 Å². The number of carbonyl (C=O) groups excluding carboxylic acids is 1. The highest BCUT2D eigenvalue weighted by Gasteiger charge is 2.36. The summed E-state index contributed by atoms with van der Waals surface area (Å²) in [4.78, 5) is 12.7. The van der Waals surface area contributed by atoms with E-state index in [1.807, 2.05) is 31.2 Å². The Kier molecular flexibility index (Phi) is 4.35. The Morgan fingerprint density at radius 2 is 2.11 bits per heavy atom. The molecule has 0 bridgehead atoms. The Balaban J connectivity index is 1.96. The Bertz CT molecular complexity index is 433. The van der Waals surface area contributed by atoms with Gasteiger partial charge in [0.25, 0.3) is 0 Å². The van der Waals surface area contributed by atoms with Gasteiger partial charge >= 0.3 is 0 Å². The molecular weight excluding hydrogens is 312 g/mol. The lowest BCUT2D eigenvalue weighted by Crippen LogP contribution is -2.55. The lowest BCUT2D eigenvalue weighted by molar-refractivity contribution is -0.123. The Hall–Kier alpha value is -0.520. The van der Waals surface area contributed by atoms with Gasteiger partial charge in [-0.3, -0.25) is 4.79 Å². The molecule has 0 saturated heterocycles. The molecule has 1 saturated carbocycles. The van der Waals surface area contributed by atoms with E-state index in [1.54, 1.807) is 11.8 Å². The minimum atomic E-state index is -0.626. The van der Waals surface area contributed by atoms with E-state index in [0.29, 0.717) is 11.8 Å². The molecule has 1 aliphatic rings. The van der Waals surface area contributed by atoms with Crippen molar-refractivity contribution >= 4 is 33.6 Å². The summed E-state index contributed by atoms with van der Waals surface area (Å²) in [7, 11) is 0. The smallest absolute Gasteiger partial charge is 0.238 e. The molecule has 1 unspecified atom stereocenters. The zero-order chi connectivity index (χ0) is 13.2.